The molecule has 0 aliphatic heterocycles. The monoisotopic (exact) mass is 388 g/mol. The second-order valence-corrected chi connectivity index (χ2v) is 8.88. The van der Waals surface area contributed by atoms with Gasteiger partial charge in [0.1, 0.15) is 0 Å². The number of nitrogens with one attached hydrogen (secondary N) is 1. The second kappa shape index (κ2) is 9.15. The van der Waals surface area contributed by atoms with Gasteiger partial charge in [-0.2, -0.15) is 0 Å². The predicted molar refractivity (Wildman–Crippen MR) is 109 cm³/mol. The molecule has 2 aromatic rings. The lowest BCUT2D eigenvalue weighted by Gasteiger charge is -2.21. The summed E-state index contributed by atoms with van der Waals surface area (Å²) in [7, 11) is -1.94. The Bertz CT molecular complexity index is 847. The van der Waals surface area contributed by atoms with Gasteiger partial charge in [0.25, 0.3) is 0 Å². The molecule has 0 bridgehead atoms. The smallest absolute Gasteiger partial charge is 0.240 e. The standard InChI is InChI=1S/C21H28N2O3S/c1-16(2)19(14-18-8-6-5-7-9-18)15-22-27(25,26)21-12-10-20(11-13-21)23(4)17(3)24/h5-13,16,19,22H,14-15H2,1-4H3/t19-/m0/s1. The molecule has 0 saturated heterocycles. The first-order chi connectivity index (χ1) is 12.7. The van der Waals surface area contributed by atoms with E-state index in [0.717, 1.165) is 6.42 Å². The summed E-state index contributed by atoms with van der Waals surface area (Å²) in [6.45, 7) is 6.05. The number of carbonyl (C=O) groups is 1. The predicted octanol–water partition coefficient (Wildman–Crippen LogP) is 3.46. The van der Waals surface area contributed by atoms with Crippen LogP contribution in [0.15, 0.2) is 59.5 Å². The zero-order chi connectivity index (χ0) is 20.0. The first-order valence-corrected chi connectivity index (χ1v) is 10.6. The van der Waals surface area contributed by atoms with Crippen LogP contribution in [0.5, 0.6) is 0 Å². The van der Waals surface area contributed by atoms with Crippen LogP contribution in [0.4, 0.5) is 5.69 Å². The van der Waals surface area contributed by atoms with Crippen LogP contribution in [0.2, 0.25) is 0 Å². The third-order valence-corrected chi connectivity index (χ3v) is 6.27. The van der Waals surface area contributed by atoms with E-state index in [0.29, 0.717) is 18.2 Å². The van der Waals surface area contributed by atoms with Gasteiger partial charge in [0.2, 0.25) is 15.9 Å². The van der Waals surface area contributed by atoms with Gasteiger partial charge >= 0.3 is 0 Å². The van der Waals surface area contributed by atoms with Gasteiger partial charge in [-0.3, -0.25) is 4.79 Å². The van der Waals surface area contributed by atoms with Gasteiger partial charge in [0.15, 0.2) is 0 Å². The average molecular weight is 389 g/mol. The molecule has 1 N–H and O–H groups in total. The molecular formula is C21H28N2O3S. The molecule has 27 heavy (non-hydrogen) atoms. The van der Waals surface area contributed by atoms with Crippen LogP contribution in [-0.2, 0) is 21.2 Å². The van der Waals surface area contributed by atoms with Gasteiger partial charge in [-0.1, -0.05) is 44.2 Å². The van der Waals surface area contributed by atoms with E-state index in [1.165, 1.54) is 29.5 Å². The highest BCUT2D eigenvalue weighted by atomic mass is 32.2. The normalized spacial score (nSPS) is 12.8. The van der Waals surface area contributed by atoms with Crippen molar-refractivity contribution in [1.29, 1.82) is 0 Å². The maximum atomic E-state index is 12.6. The molecule has 0 spiro atoms. The molecule has 0 aliphatic carbocycles. The van der Waals surface area contributed by atoms with E-state index in [4.69, 9.17) is 0 Å². The maximum Gasteiger partial charge on any atom is 0.240 e. The fourth-order valence-corrected chi connectivity index (χ4v) is 3.89. The van der Waals surface area contributed by atoms with Gasteiger partial charge < -0.3 is 4.90 Å². The van der Waals surface area contributed by atoms with Crippen LogP contribution in [-0.4, -0.2) is 27.9 Å². The second-order valence-electron chi connectivity index (χ2n) is 7.12. The summed E-state index contributed by atoms with van der Waals surface area (Å²) in [4.78, 5) is 13.1. The van der Waals surface area contributed by atoms with Crippen LogP contribution >= 0.6 is 0 Å². The minimum absolute atomic E-state index is 0.107. The molecule has 1 amide bonds. The molecule has 0 unspecified atom stereocenters. The first-order valence-electron chi connectivity index (χ1n) is 9.08. The summed E-state index contributed by atoms with van der Waals surface area (Å²) in [5, 5.41) is 0. The maximum absolute atomic E-state index is 12.6. The lowest BCUT2D eigenvalue weighted by atomic mass is 9.89. The van der Waals surface area contributed by atoms with Crippen molar-refractivity contribution in [1.82, 2.24) is 4.72 Å². The van der Waals surface area contributed by atoms with E-state index in [1.807, 2.05) is 18.2 Å². The number of benzene rings is 2. The van der Waals surface area contributed by atoms with E-state index >= 15 is 0 Å². The number of sulfonamides is 1. The third-order valence-electron chi connectivity index (χ3n) is 4.83. The van der Waals surface area contributed by atoms with Gasteiger partial charge in [0.05, 0.1) is 4.90 Å². The number of carbonyl (C=O) groups excluding carboxylic acids is 1. The molecule has 0 aromatic heterocycles. The molecule has 0 fully saturated rings. The van der Waals surface area contributed by atoms with E-state index in [2.05, 4.69) is 30.7 Å². The fourth-order valence-electron chi connectivity index (χ4n) is 2.79. The third kappa shape index (κ3) is 5.91. The quantitative estimate of drug-likeness (QED) is 0.753. The minimum atomic E-state index is -3.60. The molecule has 0 saturated carbocycles. The summed E-state index contributed by atoms with van der Waals surface area (Å²) >= 11 is 0. The van der Waals surface area contributed by atoms with Gasteiger partial charge in [-0.25, -0.2) is 13.1 Å². The minimum Gasteiger partial charge on any atom is -0.316 e. The SMILES string of the molecule is CC(=O)N(C)c1ccc(S(=O)(=O)NC[C@H](Cc2ccccc2)C(C)C)cc1. The molecule has 146 valence electrons. The summed E-state index contributed by atoms with van der Waals surface area (Å²) in [5.41, 5.74) is 1.86. The zero-order valence-corrected chi connectivity index (χ0v) is 17.2. The van der Waals surface area contributed by atoms with Gasteiger partial charge in [-0.05, 0) is 48.1 Å². The highest BCUT2D eigenvalue weighted by Crippen LogP contribution is 2.20. The molecule has 0 radical (unpaired) electrons. The first kappa shape index (κ1) is 21.1. The number of rotatable bonds is 8. The van der Waals surface area contributed by atoms with Crippen molar-refractivity contribution in [3.63, 3.8) is 0 Å². The van der Waals surface area contributed by atoms with Crippen molar-refractivity contribution in [3.05, 3.63) is 60.2 Å². The van der Waals surface area contributed by atoms with Gasteiger partial charge in [0, 0.05) is 26.2 Å². The average Bonchev–Trinajstić information content (AvgIpc) is 2.65. The van der Waals surface area contributed by atoms with Crippen molar-refractivity contribution in [2.24, 2.45) is 11.8 Å². The van der Waals surface area contributed by atoms with E-state index in [9.17, 15) is 13.2 Å². The van der Waals surface area contributed by atoms with Crippen LogP contribution in [0.25, 0.3) is 0 Å². The Hall–Kier alpha value is -2.18. The molecule has 5 nitrogen and oxygen atoms in total. The number of hydrogen-bond acceptors (Lipinski definition) is 3. The Morgan fingerprint density at radius 1 is 1.04 bits per heavy atom. The summed E-state index contributed by atoms with van der Waals surface area (Å²) < 4.78 is 28.0. The van der Waals surface area contributed by atoms with E-state index < -0.39 is 10.0 Å². The molecule has 1 atom stereocenters. The number of anilines is 1. The van der Waals surface area contributed by atoms with Gasteiger partial charge in [-0.15, -0.1) is 0 Å². The van der Waals surface area contributed by atoms with Crippen LogP contribution < -0.4 is 9.62 Å². The van der Waals surface area contributed by atoms with Crippen LogP contribution in [0.3, 0.4) is 0 Å². The fraction of sp³-hybridized carbons (Fsp3) is 0.381. The Kier molecular flexibility index (Phi) is 7.16. The van der Waals surface area contributed by atoms with Crippen molar-refractivity contribution in [3.8, 4) is 0 Å². The van der Waals surface area contributed by atoms with Crippen LogP contribution in [0, 0.1) is 11.8 Å². The number of amides is 1. The molecule has 2 aromatic carbocycles. The van der Waals surface area contributed by atoms with Crippen molar-refractivity contribution in [2.75, 3.05) is 18.5 Å². The lowest BCUT2D eigenvalue weighted by Crippen LogP contribution is -2.32. The Labute approximate surface area is 162 Å². The Morgan fingerprint density at radius 3 is 2.15 bits per heavy atom. The van der Waals surface area contributed by atoms with Crippen LogP contribution in [0.1, 0.15) is 26.3 Å². The summed E-state index contributed by atoms with van der Waals surface area (Å²) in [6.07, 6.45) is 0.823. The van der Waals surface area contributed by atoms with Crippen molar-refractivity contribution < 1.29 is 13.2 Å². The molecule has 0 aliphatic rings. The van der Waals surface area contributed by atoms with E-state index in [1.54, 1.807) is 19.2 Å². The lowest BCUT2D eigenvalue weighted by molar-refractivity contribution is -0.116. The largest absolute Gasteiger partial charge is 0.316 e. The number of hydrogen-bond donors (Lipinski definition) is 1. The molecule has 0 heterocycles. The Morgan fingerprint density at radius 2 is 1.63 bits per heavy atom. The van der Waals surface area contributed by atoms with E-state index in [-0.39, 0.29) is 16.7 Å². The highest BCUT2D eigenvalue weighted by molar-refractivity contribution is 7.89. The van der Waals surface area contributed by atoms with Crippen molar-refractivity contribution >= 4 is 21.6 Å². The molecule has 6 heteroatoms. The summed E-state index contributed by atoms with van der Waals surface area (Å²) in [5.74, 6) is 0.439. The summed E-state index contributed by atoms with van der Waals surface area (Å²) in [6, 6.07) is 16.4. The number of nitrogens with zero attached hydrogens (tertiary/aromatic N) is 1. The topological polar surface area (TPSA) is 66.5 Å². The van der Waals surface area contributed by atoms with Crippen molar-refractivity contribution in [2.45, 2.75) is 32.1 Å². The Balaban J connectivity index is 2.06. The zero-order valence-electron chi connectivity index (χ0n) is 16.3. The highest BCUT2D eigenvalue weighted by Gasteiger charge is 2.20. The molecular weight excluding hydrogens is 360 g/mol. The molecule has 2 rings (SSSR count).